The first kappa shape index (κ1) is 24.1. The lowest BCUT2D eigenvalue weighted by atomic mass is 9.91. The first-order valence-corrected chi connectivity index (χ1v) is 12.6. The third-order valence-electron chi connectivity index (χ3n) is 5.12. The van der Waals surface area contributed by atoms with E-state index in [-0.39, 0.29) is 10.7 Å². The van der Waals surface area contributed by atoms with Crippen molar-refractivity contribution >= 4 is 31.7 Å². The zero-order valence-electron chi connectivity index (χ0n) is 18.3. The second-order valence-electron chi connectivity index (χ2n) is 7.68. The van der Waals surface area contributed by atoms with Crippen LogP contribution in [0, 0.1) is 13.8 Å². The topological polar surface area (TPSA) is 63.2 Å². The van der Waals surface area contributed by atoms with E-state index in [2.05, 4.69) is 20.7 Å². The molecule has 3 aromatic rings. The maximum absolute atomic E-state index is 13.5. The van der Waals surface area contributed by atoms with Gasteiger partial charge < -0.3 is 0 Å². The van der Waals surface area contributed by atoms with Crippen molar-refractivity contribution in [1.82, 2.24) is 4.72 Å². The maximum atomic E-state index is 13.5. The fourth-order valence-electron chi connectivity index (χ4n) is 3.34. The highest BCUT2D eigenvalue weighted by Gasteiger charge is 2.28. The van der Waals surface area contributed by atoms with Crippen LogP contribution < -0.4 is 4.72 Å². The molecular weight excluding hydrogens is 486 g/mol. The Kier molecular flexibility index (Phi) is 7.82. The van der Waals surface area contributed by atoms with E-state index in [0.717, 1.165) is 15.6 Å². The Balaban J connectivity index is 2.08. The van der Waals surface area contributed by atoms with Crippen molar-refractivity contribution in [2.45, 2.75) is 38.1 Å². The Morgan fingerprint density at radius 1 is 0.906 bits per heavy atom. The number of aryl methyl sites for hydroxylation is 2. The second kappa shape index (κ2) is 10.4. The number of Topliss-reactive ketones (excluding diaryl/α,β-unsaturated/α-hetero) is 1. The van der Waals surface area contributed by atoms with Gasteiger partial charge in [0.1, 0.15) is 0 Å². The quantitative estimate of drug-likeness (QED) is 0.284. The average molecular weight is 512 g/mol. The van der Waals surface area contributed by atoms with Gasteiger partial charge >= 0.3 is 0 Å². The van der Waals surface area contributed by atoms with Crippen molar-refractivity contribution in [3.05, 3.63) is 111 Å². The van der Waals surface area contributed by atoms with Crippen molar-refractivity contribution in [2.24, 2.45) is 0 Å². The summed E-state index contributed by atoms with van der Waals surface area (Å²) in [5, 5.41) is 0. The summed E-state index contributed by atoms with van der Waals surface area (Å²) in [6, 6.07) is 20.4. The molecule has 0 saturated heterocycles. The van der Waals surface area contributed by atoms with Crippen LogP contribution in [-0.2, 0) is 10.0 Å². The van der Waals surface area contributed by atoms with Crippen molar-refractivity contribution < 1.29 is 13.2 Å². The smallest absolute Gasteiger partial charge is 0.241 e. The fourth-order valence-corrected chi connectivity index (χ4v) is 4.81. The summed E-state index contributed by atoms with van der Waals surface area (Å²) in [5.74, 6) is -0.212. The minimum Gasteiger partial charge on any atom is -0.289 e. The van der Waals surface area contributed by atoms with Gasteiger partial charge in [0.05, 0.1) is 10.9 Å². The van der Waals surface area contributed by atoms with Crippen LogP contribution in [0.3, 0.4) is 0 Å². The van der Waals surface area contributed by atoms with Crippen LogP contribution in [0.25, 0.3) is 0 Å². The zero-order chi connectivity index (χ0) is 23.3. The molecule has 0 amide bonds. The molecule has 0 aliphatic rings. The lowest BCUT2D eigenvalue weighted by molar-refractivity contribution is 0.102. The molecule has 0 saturated carbocycles. The predicted molar refractivity (Wildman–Crippen MR) is 132 cm³/mol. The van der Waals surface area contributed by atoms with Crippen LogP contribution >= 0.6 is 15.9 Å². The van der Waals surface area contributed by atoms with E-state index in [4.69, 9.17) is 0 Å². The van der Waals surface area contributed by atoms with Crippen LogP contribution in [0.1, 0.15) is 46.4 Å². The molecule has 3 aromatic carbocycles. The molecule has 3 rings (SSSR count). The maximum Gasteiger partial charge on any atom is 0.241 e. The molecule has 0 radical (unpaired) electrons. The second-order valence-corrected chi connectivity index (χ2v) is 10.3. The highest BCUT2D eigenvalue weighted by molar-refractivity contribution is 9.10. The van der Waals surface area contributed by atoms with E-state index in [1.165, 1.54) is 0 Å². The molecule has 1 atom stereocenters. The fraction of sp³-hybridized carbons (Fsp3) is 0.192. The van der Waals surface area contributed by atoms with Gasteiger partial charge in [-0.1, -0.05) is 76.5 Å². The molecule has 6 heteroatoms. The van der Waals surface area contributed by atoms with Gasteiger partial charge in [-0.3, -0.25) is 4.79 Å². The highest BCUT2D eigenvalue weighted by atomic mass is 79.9. The Morgan fingerprint density at radius 3 is 1.97 bits per heavy atom. The van der Waals surface area contributed by atoms with Gasteiger partial charge in [-0.25, -0.2) is 8.42 Å². The Hall–Kier alpha value is -2.54. The van der Waals surface area contributed by atoms with Crippen LogP contribution in [-0.4, -0.2) is 14.2 Å². The SMILES string of the molecule is CC/C=C(\C(=O)c1ccc(Br)cc1)C(NS(=O)(=O)c1ccc(C)cc1)c1ccc(C)cc1. The van der Waals surface area contributed by atoms with Gasteiger partial charge in [-0.05, 0) is 62.2 Å². The molecule has 0 aliphatic heterocycles. The standard InChI is InChI=1S/C26H26BrNO3S/c1-4-5-24(26(29)21-12-14-22(27)15-13-21)25(20-10-6-18(2)7-11-20)28-32(30,31)23-16-8-19(3)9-17-23/h5-17,25,28H,4H2,1-3H3/b24-5-. The molecule has 166 valence electrons. The van der Waals surface area contributed by atoms with Crippen molar-refractivity contribution in [3.8, 4) is 0 Å². The first-order valence-electron chi connectivity index (χ1n) is 10.4. The summed E-state index contributed by atoms with van der Waals surface area (Å²) in [4.78, 5) is 13.6. The summed E-state index contributed by atoms with van der Waals surface area (Å²) in [7, 11) is -3.87. The Labute approximate surface area is 198 Å². The number of allylic oxidation sites excluding steroid dienone is 1. The molecule has 0 fully saturated rings. The van der Waals surface area contributed by atoms with Crippen LogP contribution in [0.5, 0.6) is 0 Å². The van der Waals surface area contributed by atoms with Crippen molar-refractivity contribution in [3.63, 3.8) is 0 Å². The molecule has 0 heterocycles. The average Bonchev–Trinajstić information content (AvgIpc) is 2.77. The number of sulfonamides is 1. The minimum absolute atomic E-state index is 0.159. The molecule has 0 aliphatic carbocycles. The number of carbonyl (C=O) groups excluding carboxylic acids is 1. The van der Waals surface area contributed by atoms with Gasteiger partial charge in [0, 0.05) is 15.6 Å². The number of carbonyl (C=O) groups is 1. The number of halogens is 1. The minimum atomic E-state index is -3.87. The Bertz CT molecular complexity index is 1210. The molecule has 0 spiro atoms. The number of benzene rings is 3. The molecule has 32 heavy (non-hydrogen) atoms. The van der Waals surface area contributed by atoms with Crippen LogP contribution in [0.15, 0.2) is 93.8 Å². The first-order chi connectivity index (χ1) is 15.2. The number of nitrogens with one attached hydrogen (secondary N) is 1. The summed E-state index contributed by atoms with van der Waals surface area (Å²) in [5.41, 5.74) is 3.62. The largest absolute Gasteiger partial charge is 0.289 e. The van der Waals surface area contributed by atoms with Gasteiger partial charge in [-0.15, -0.1) is 0 Å². The lowest BCUT2D eigenvalue weighted by Gasteiger charge is -2.22. The molecule has 0 bridgehead atoms. The van der Waals surface area contributed by atoms with E-state index in [0.29, 0.717) is 23.1 Å². The number of ketones is 1. The molecule has 1 N–H and O–H groups in total. The summed E-state index contributed by atoms with van der Waals surface area (Å²) < 4.78 is 30.2. The Morgan fingerprint density at radius 2 is 1.44 bits per heavy atom. The molecular formula is C26H26BrNO3S. The number of rotatable bonds is 8. The molecule has 0 aromatic heterocycles. The summed E-state index contributed by atoms with van der Waals surface area (Å²) in [6.07, 6.45) is 2.39. The zero-order valence-corrected chi connectivity index (χ0v) is 20.7. The molecule has 4 nitrogen and oxygen atoms in total. The van der Waals surface area contributed by atoms with E-state index in [1.807, 2.05) is 45.0 Å². The van der Waals surface area contributed by atoms with E-state index < -0.39 is 16.1 Å². The van der Waals surface area contributed by atoms with Crippen LogP contribution in [0.4, 0.5) is 0 Å². The van der Waals surface area contributed by atoms with Gasteiger partial charge in [-0.2, -0.15) is 4.72 Å². The van der Waals surface area contributed by atoms with E-state index in [1.54, 1.807) is 54.6 Å². The summed E-state index contributed by atoms with van der Waals surface area (Å²) >= 11 is 3.39. The number of hydrogen-bond acceptors (Lipinski definition) is 3. The predicted octanol–water partition coefficient (Wildman–Crippen LogP) is 6.30. The van der Waals surface area contributed by atoms with Crippen molar-refractivity contribution in [1.29, 1.82) is 0 Å². The van der Waals surface area contributed by atoms with E-state index in [9.17, 15) is 13.2 Å². The normalized spacial score (nSPS) is 13.1. The highest BCUT2D eigenvalue weighted by Crippen LogP contribution is 2.29. The third-order valence-corrected chi connectivity index (χ3v) is 7.09. The van der Waals surface area contributed by atoms with Crippen molar-refractivity contribution in [2.75, 3.05) is 0 Å². The third kappa shape index (κ3) is 5.82. The summed E-state index contributed by atoms with van der Waals surface area (Å²) in [6.45, 7) is 5.79. The molecule has 1 unspecified atom stereocenters. The van der Waals surface area contributed by atoms with E-state index >= 15 is 0 Å². The lowest BCUT2D eigenvalue weighted by Crippen LogP contribution is -2.32. The number of hydrogen-bond donors (Lipinski definition) is 1. The van der Waals surface area contributed by atoms with Crippen LogP contribution in [0.2, 0.25) is 0 Å². The van der Waals surface area contributed by atoms with Gasteiger partial charge in [0.2, 0.25) is 10.0 Å². The van der Waals surface area contributed by atoms with Gasteiger partial charge in [0.15, 0.2) is 5.78 Å². The monoisotopic (exact) mass is 511 g/mol. The van der Waals surface area contributed by atoms with Gasteiger partial charge in [0.25, 0.3) is 0 Å².